The van der Waals surface area contributed by atoms with Crippen molar-refractivity contribution in [1.82, 2.24) is 9.88 Å². The van der Waals surface area contributed by atoms with Crippen LogP contribution in [0.4, 0.5) is 13.2 Å². The molecule has 0 spiro atoms. The highest BCUT2D eigenvalue weighted by Crippen LogP contribution is 2.30. The second-order valence-corrected chi connectivity index (χ2v) is 7.52. The molecule has 0 saturated heterocycles. The zero-order valence-electron chi connectivity index (χ0n) is 16.3. The summed E-state index contributed by atoms with van der Waals surface area (Å²) in [5, 5.41) is 0.717. The molecule has 1 aromatic rings. The Morgan fingerprint density at radius 3 is 2.54 bits per heavy atom. The second kappa shape index (κ2) is 9.24. The molecule has 0 bridgehead atoms. The first kappa shape index (κ1) is 22.0. The fraction of sp³-hybridized carbons (Fsp3) is 0.318. The van der Waals surface area contributed by atoms with Crippen molar-refractivity contribution >= 4 is 16.9 Å². The molecular weight excluding hydrogens is 381 g/mol. The third-order valence-corrected chi connectivity index (χ3v) is 5.91. The van der Waals surface area contributed by atoms with E-state index in [1.165, 1.54) is 23.0 Å². The van der Waals surface area contributed by atoms with Gasteiger partial charge < -0.3 is 4.90 Å². The Bertz CT molecular complexity index is 854. The van der Waals surface area contributed by atoms with E-state index in [-0.39, 0.29) is 0 Å². The van der Waals surface area contributed by atoms with Crippen LogP contribution in [0.3, 0.4) is 0 Å². The second-order valence-electron chi connectivity index (χ2n) is 6.43. The van der Waals surface area contributed by atoms with Gasteiger partial charge in [-0.05, 0) is 38.0 Å². The lowest BCUT2D eigenvalue weighted by Crippen LogP contribution is -2.21. The molecule has 1 aromatic heterocycles. The van der Waals surface area contributed by atoms with Gasteiger partial charge in [-0.25, -0.2) is 4.98 Å². The fourth-order valence-electron chi connectivity index (χ4n) is 3.00. The molecule has 0 saturated carbocycles. The molecule has 0 amide bonds. The van der Waals surface area contributed by atoms with E-state index < -0.39 is 11.7 Å². The quantitative estimate of drug-likeness (QED) is 0.464. The van der Waals surface area contributed by atoms with Gasteiger partial charge >= 0.3 is 6.18 Å². The third kappa shape index (κ3) is 5.13. The van der Waals surface area contributed by atoms with Gasteiger partial charge in [0.15, 0.2) is 0 Å². The molecule has 0 aromatic carbocycles. The monoisotopic (exact) mass is 406 g/mol. The van der Waals surface area contributed by atoms with E-state index in [2.05, 4.69) is 29.6 Å². The van der Waals surface area contributed by atoms with Crippen LogP contribution in [0, 0.1) is 6.92 Å². The number of thiazole rings is 1. The number of nitrogens with zero attached hydrogens (tertiary/aromatic N) is 2. The highest BCUT2D eigenvalue weighted by Gasteiger charge is 2.29. The summed E-state index contributed by atoms with van der Waals surface area (Å²) < 4.78 is 37.9. The van der Waals surface area contributed by atoms with Crippen molar-refractivity contribution in [2.24, 2.45) is 0 Å². The Morgan fingerprint density at radius 1 is 1.25 bits per heavy atom. The normalized spacial score (nSPS) is 15.6. The smallest absolute Gasteiger partial charge is 0.371 e. The van der Waals surface area contributed by atoms with E-state index in [9.17, 15) is 13.2 Å². The van der Waals surface area contributed by atoms with Gasteiger partial charge in [-0.2, -0.15) is 13.2 Å². The molecule has 6 heteroatoms. The SMILES string of the molecule is C=CC1=C(C=C)N(CCc2sc(C(/C=C\C(=C)C(F)(F)F)=C/C)nc2C)CC1. The Morgan fingerprint density at radius 2 is 1.96 bits per heavy atom. The number of alkyl halides is 3. The van der Waals surface area contributed by atoms with E-state index in [0.29, 0.717) is 10.6 Å². The summed E-state index contributed by atoms with van der Waals surface area (Å²) in [5.74, 6) is 0. The maximum Gasteiger partial charge on any atom is 0.415 e. The lowest BCUT2D eigenvalue weighted by molar-refractivity contribution is -0.0878. The number of halogens is 3. The Kier molecular flexibility index (Phi) is 7.24. The minimum absolute atomic E-state index is 0.659. The van der Waals surface area contributed by atoms with Gasteiger partial charge in [0, 0.05) is 41.2 Å². The number of rotatable bonds is 8. The van der Waals surface area contributed by atoms with Crippen LogP contribution in [0.25, 0.3) is 5.57 Å². The summed E-state index contributed by atoms with van der Waals surface area (Å²) in [6.07, 6.45) is 5.29. The fourth-order valence-corrected chi connectivity index (χ4v) is 4.11. The van der Waals surface area contributed by atoms with Crippen molar-refractivity contribution in [3.63, 3.8) is 0 Å². The van der Waals surface area contributed by atoms with Crippen LogP contribution in [0.5, 0.6) is 0 Å². The topological polar surface area (TPSA) is 16.1 Å². The first-order valence-corrected chi connectivity index (χ1v) is 9.83. The predicted molar refractivity (Wildman–Crippen MR) is 112 cm³/mol. The van der Waals surface area contributed by atoms with Crippen molar-refractivity contribution in [2.75, 3.05) is 13.1 Å². The van der Waals surface area contributed by atoms with Gasteiger partial charge in [-0.1, -0.05) is 38.0 Å². The third-order valence-electron chi connectivity index (χ3n) is 4.65. The maximum atomic E-state index is 12.6. The molecule has 0 aliphatic carbocycles. The summed E-state index contributed by atoms with van der Waals surface area (Å²) in [6, 6.07) is 0. The number of aromatic nitrogens is 1. The molecule has 2 rings (SSSR count). The molecule has 28 heavy (non-hydrogen) atoms. The van der Waals surface area contributed by atoms with Gasteiger partial charge in [-0.15, -0.1) is 11.3 Å². The highest BCUT2D eigenvalue weighted by molar-refractivity contribution is 7.12. The van der Waals surface area contributed by atoms with Gasteiger partial charge in [0.05, 0.1) is 5.69 Å². The van der Waals surface area contributed by atoms with E-state index in [4.69, 9.17) is 0 Å². The molecule has 0 unspecified atom stereocenters. The lowest BCUT2D eigenvalue weighted by atomic mass is 10.2. The number of hydrogen-bond donors (Lipinski definition) is 0. The van der Waals surface area contributed by atoms with Gasteiger partial charge in [0.2, 0.25) is 0 Å². The van der Waals surface area contributed by atoms with Crippen LogP contribution in [-0.4, -0.2) is 29.1 Å². The van der Waals surface area contributed by atoms with Crippen molar-refractivity contribution in [1.29, 1.82) is 0 Å². The van der Waals surface area contributed by atoms with E-state index in [1.807, 2.05) is 19.1 Å². The van der Waals surface area contributed by atoms with Crippen LogP contribution < -0.4 is 0 Å². The van der Waals surface area contributed by atoms with Crippen molar-refractivity contribution in [3.05, 3.63) is 82.5 Å². The molecular formula is C22H25F3N2S. The maximum absolute atomic E-state index is 12.6. The zero-order chi connectivity index (χ0) is 20.9. The largest absolute Gasteiger partial charge is 0.415 e. The minimum Gasteiger partial charge on any atom is -0.371 e. The van der Waals surface area contributed by atoms with Crippen molar-refractivity contribution < 1.29 is 13.2 Å². The van der Waals surface area contributed by atoms with Gasteiger partial charge in [0.1, 0.15) is 5.01 Å². The van der Waals surface area contributed by atoms with Crippen LogP contribution >= 0.6 is 11.3 Å². The van der Waals surface area contributed by atoms with Crippen LogP contribution in [0.1, 0.15) is 28.9 Å². The summed E-state index contributed by atoms with van der Waals surface area (Å²) in [7, 11) is 0. The van der Waals surface area contributed by atoms with Crippen molar-refractivity contribution in [2.45, 2.75) is 32.9 Å². The Hall–Kier alpha value is -2.34. The Labute approximate surface area is 168 Å². The summed E-state index contributed by atoms with van der Waals surface area (Å²) in [5.41, 5.74) is 3.03. The number of allylic oxidation sites excluding steroid dienone is 7. The average molecular weight is 407 g/mol. The molecule has 1 aliphatic rings. The van der Waals surface area contributed by atoms with E-state index in [1.54, 1.807) is 13.0 Å². The summed E-state index contributed by atoms with van der Waals surface area (Å²) in [6.45, 7) is 16.3. The molecule has 0 fully saturated rings. The predicted octanol–water partition coefficient (Wildman–Crippen LogP) is 6.40. The summed E-state index contributed by atoms with van der Waals surface area (Å²) in [4.78, 5) is 7.98. The molecule has 1 aliphatic heterocycles. The van der Waals surface area contributed by atoms with E-state index in [0.717, 1.165) is 48.3 Å². The molecule has 0 radical (unpaired) electrons. The van der Waals surface area contributed by atoms with Crippen LogP contribution in [-0.2, 0) is 6.42 Å². The van der Waals surface area contributed by atoms with Gasteiger partial charge in [-0.3, -0.25) is 0 Å². The molecule has 0 N–H and O–H groups in total. The van der Waals surface area contributed by atoms with Crippen LogP contribution in [0.2, 0.25) is 0 Å². The number of aryl methyl sites for hydroxylation is 1. The molecule has 2 heterocycles. The lowest BCUT2D eigenvalue weighted by Gasteiger charge is -2.20. The molecule has 150 valence electrons. The zero-order valence-corrected chi connectivity index (χ0v) is 17.1. The standard InChI is InChI=1S/C22H25F3N2S/c1-6-17-11-13-27(19(17)8-3)14-12-20-16(5)26-21(28-20)18(7-2)10-9-15(4)22(23,24)25/h6-10H,1,3-4,11-14H2,2,5H3/b10-9-,18-7+. The highest BCUT2D eigenvalue weighted by atomic mass is 32.1. The van der Waals surface area contributed by atoms with E-state index >= 15 is 0 Å². The number of hydrogen-bond acceptors (Lipinski definition) is 3. The first-order chi connectivity index (χ1) is 13.2. The summed E-state index contributed by atoms with van der Waals surface area (Å²) >= 11 is 1.52. The van der Waals surface area contributed by atoms with Crippen LogP contribution in [0.15, 0.2) is 67.0 Å². The van der Waals surface area contributed by atoms with Crippen molar-refractivity contribution in [3.8, 4) is 0 Å². The molecule has 0 atom stereocenters. The Balaban J connectivity index is 2.11. The first-order valence-electron chi connectivity index (χ1n) is 9.01. The molecule has 2 nitrogen and oxygen atoms in total. The van der Waals surface area contributed by atoms with Gasteiger partial charge in [0.25, 0.3) is 0 Å². The average Bonchev–Trinajstić information content (AvgIpc) is 3.22. The minimum atomic E-state index is -4.42.